The third-order valence-corrected chi connectivity index (χ3v) is 3.91. The van der Waals surface area contributed by atoms with Gasteiger partial charge in [0.15, 0.2) is 0 Å². The maximum absolute atomic E-state index is 12.5. The molecule has 0 saturated heterocycles. The van der Waals surface area contributed by atoms with Crippen molar-refractivity contribution in [3.63, 3.8) is 0 Å². The molecule has 1 unspecified atom stereocenters. The first-order valence-corrected chi connectivity index (χ1v) is 6.38. The molecule has 1 rings (SSSR count). The van der Waals surface area contributed by atoms with Gasteiger partial charge in [0.25, 0.3) is 0 Å². The van der Waals surface area contributed by atoms with Crippen LogP contribution in [0.25, 0.3) is 0 Å². The lowest BCUT2D eigenvalue weighted by molar-refractivity contribution is 0.295. The van der Waals surface area contributed by atoms with Crippen molar-refractivity contribution in [3.05, 3.63) is 0 Å². The molecule has 1 aliphatic rings. The number of halogens is 2. The molecule has 78 valence electrons. The molecule has 0 bridgehead atoms. The lowest BCUT2D eigenvalue weighted by Gasteiger charge is -2.25. The summed E-state index contributed by atoms with van der Waals surface area (Å²) >= 11 is 3.65. The Hall–Kier alpha value is 0.410. The van der Waals surface area contributed by atoms with Gasteiger partial charge in [0.2, 0.25) is 0 Å². The number of rotatable bonds is 4. The minimum absolute atomic E-state index is 0.604. The third-order valence-electron chi connectivity index (χ3n) is 2.99. The van der Waals surface area contributed by atoms with Crippen LogP contribution in [0.3, 0.4) is 0 Å². The number of hydrogen-bond donors (Lipinski definition) is 0. The van der Waals surface area contributed by atoms with Crippen LogP contribution < -0.4 is 0 Å². The molecule has 0 heterocycles. The van der Waals surface area contributed by atoms with Crippen LogP contribution in [-0.2, 0) is 0 Å². The maximum atomic E-state index is 12.5. The lowest BCUT2D eigenvalue weighted by atomic mass is 9.85. The Balaban J connectivity index is 2.02. The highest BCUT2D eigenvalue weighted by Crippen LogP contribution is 2.31. The molecule has 13 heavy (non-hydrogen) atoms. The molecule has 0 aliphatic heterocycles. The standard InChI is InChI=1S/C11H20BrF/c1-9(13)3-2-4-10-5-7-11(12)8-6-10/h9-11H,2-8H2,1H3. The minimum atomic E-state index is -0.604. The smallest absolute Gasteiger partial charge is 0.0973 e. The Morgan fingerprint density at radius 1 is 1.31 bits per heavy atom. The van der Waals surface area contributed by atoms with E-state index in [0.717, 1.165) is 23.6 Å². The van der Waals surface area contributed by atoms with Crippen molar-refractivity contribution in [2.24, 2.45) is 5.92 Å². The Kier molecular flexibility index (Phi) is 5.30. The SMILES string of the molecule is CC(F)CCCC1CCC(Br)CC1. The van der Waals surface area contributed by atoms with E-state index in [-0.39, 0.29) is 0 Å². The second-order valence-electron chi connectivity index (χ2n) is 4.33. The van der Waals surface area contributed by atoms with Crippen molar-refractivity contribution >= 4 is 15.9 Å². The monoisotopic (exact) mass is 250 g/mol. The summed E-state index contributed by atoms with van der Waals surface area (Å²) in [4.78, 5) is 0.754. The van der Waals surface area contributed by atoms with E-state index in [2.05, 4.69) is 15.9 Å². The van der Waals surface area contributed by atoms with Gasteiger partial charge >= 0.3 is 0 Å². The third kappa shape index (κ3) is 4.99. The fourth-order valence-corrected chi connectivity index (χ4v) is 2.63. The highest BCUT2D eigenvalue weighted by Gasteiger charge is 2.18. The van der Waals surface area contributed by atoms with E-state index in [1.165, 1.54) is 32.1 Å². The van der Waals surface area contributed by atoms with E-state index in [9.17, 15) is 4.39 Å². The molecule has 1 aliphatic carbocycles. The molecule has 0 spiro atoms. The zero-order valence-electron chi connectivity index (χ0n) is 8.44. The molecule has 1 atom stereocenters. The Labute approximate surface area is 89.4 Å². The number of hydrogen-bond acceptors (Lipinski definition) is 0. The predicted octanol–water partition coefficient (Wildman–Crippen LogP) is 4.47. The highest BCUT2D eigenvalue weighted by atomic mass is 79.9. The summed E-state index contributed by atoms with van der Waals surface area (Å²) < 4.78 is 12.5. The summed E-state index contributed by atoms with van der Waals surface area (Å²) in [6.07, 6.45) is 7.80. The first-order chi connectivity index (χ1) is 6.18. The van der Waals surface area contributed by atoms with E-state index in [0.29, 0.717) is 0 Å². The predicted molar refractivity (Wildman–Crippen MR) is 59.1 cm³/mol. The molecule has 0 nitrogen and oxygen atoms in total. The van der Waals surface area contributed by atoms with Crippen LogP contribution in [0.15, 0.2) is 0 Å². The average Bonchev–Trinajstić information content (AvgIpc) is 2.08. The van der Waals surface area contributed by atoms with E-state index in [1.807, 2.05) is 0 Å². The van der Waals surface area contributed by atoms with Gasteiger partial charge in [-0.05, 0) is 44.9 Å². The topological polar surface area (TPSA) is 0 Å². The van der Waals surface area contributed by atoms with Crippen LogP contribution in [0.5, 0.6) is 0 Å². The summed E-state index contributed by atoms with van der Waals surface area (Å²) in [5, 5.41) is 0. The summed E-state index contributed by atoms with van der Waals surface area (Å²) in [5.41, 5.74) is 0. The first kappa shape index (κ1) is 11.5. The van der Waals surface area contributed by atoms with Crippen molar-refractivity contribution in [3.8, 4) is 0 Å². The molecule has 0 aromatic rings. The van der Waals surface area contributed by atoms with Crippen molar-refractivity contribution in [2.75, 3.05) is 0 Å². The fraction of sp³-hybridized carbons (Fsp3) is 1.00. The van der Waals surface area contributed by atoms with E-state index in [1.54, 1.807) is 6.92 Å². The van der Waals surface area contributed by atoms with Crippen molar-refractivity contribution in [2.45, 2.75) is 62.9 Å². The van der Waals surface area contributed by atoms with Gasteiger partial charge in [0.1, 0.15) is 0 Å². The molecule has 0 N–H and O–H groups in total. The molecule has 0 amide bonds. The zero-order valence-corrected chi connectivity index (χ0v) is 10.0. The van der Waals surface area contributed by atoms with Crippen LogP contribution in [0.2, 0.25) is 0 Å². The molecule has 1 fully saturated rings. The van der Waals surface area contributed by atoms with Gasteiger partial charge in [-0.1, -0.05) is 28.8 Å². The van der Waals surface area contributed by atoms with Crippen LogP contribution in [0, 0.1) is 5.92 Å². The zero-order chi connectivity index (χ0) is 9.68. The first-order valence-electron chi connectivity index (χ1n) is 5.46. The Bertz CT molecular complexity index is 128. The van der Waals surface area contributed by atoms with Gasteiger partial charge in [-0.2, -0.15) is 0 Å². The summed E-state index contributed by atoms with van der Waals surface area (Å²) in [6.45, 7) is 1.66. The number of alkyl halides is 2. The fourth-order valence-electron chi connectivity index (χ4n) is 2.10. The van der Waals surface area contributed by atoms with Crippen LogP contribution in [0.4, 0.5) is 4.39 Å². The van der Waals surface area contributed by atoms with Gasteiger partial charge in [0.05, 0.1) is 6.17 Å². The van der Waals surface area contributed by atoms with Gasteiger partial charge in [-0.15, -0.1) is 0 Å². The molecular formula is C11H20BrF. The van der Waals surface area contributed by atoms with E-state index < -0.39 is 6.17 Å². The molecule has 0 aromatic heterocycles. The maximum Gasteiger partial charge on any atom is 0.0973 e. The minimum Gasteiger partial charge on any atom is -0.248 e. The Morgan fingerprint density at radius 3 is 2.46 bits per heavy atom. The molecular weight excluding hydrogens is 231 g/mol. The Morgan fingerprint density at radius 2 is 1.92 bits per heavy atom. The van der Waals surface area contributed by atoms with Crippen LogP contribution in [-0.4, -0.2) is 11.0 Å². The quantitative estimate of drug-likeness (QED) is 0.647. The average molecular weight is 251 g/mol. The molecule has 2 heteroatoms. The van der Waals surface area contributed by atoms with Gasteiger partial charge < -0.3 is 0 Å². The molecule has 0 aromatic carbocycles. The summed E-state index contributed by atoms with van der Waals surface area (Å²) in [7, 11) is 0. The van der Waals surface area contributed by atoms with Crippen molar-refractivity contribution in [1.29, 1.82) is 0 Å². The molecule has 0 radical (unpaired) electrons. The van der Waals surface area contributed by atoms with Crippen molar-refractivity contribution < 1.29 is 4.39 Å². The molecule has 1 saturated carbocycles. The highest BCUT2D eigenvalue weighted by molar-refractivity contribution is 9.09. The van der Waals surface area contributed by atoms with Crippen LogP contribution in [0.1, 0.15) is 51.9 Å². The van der Waals surface area contributed by atoms with E-state index >= 15 is 0 Å². The largest absolute Gasteiger partial charge is 0.248 e. The lowest BCUT2D eigenvalue weighted by Crippen LogP contribution is -2.14. The van der Waals surface area contributed by atoms with Crippen LogP contribution >= 0.6 is 15.9 Å². The van der Waals surface area contributed by atoms with E-state index in [4.69, 9.17) is 0 Å². The normalized spacial score (nSPS) is 31.6. The summed E-state index contributed by atoms with van der Waals surface area (Å²) in [5.74, 6) is 0.882. The van der Waals surface area contributed by atoms with Gasteiger partial charge in [-0.25, -0.2) is 4.39 Å². The summed E-state index contributed by atoms with van der Waals surface area (Å²) in [6, 6.07) is 0. The van der Waals surface area contributed by atoms with Gasteiger partial charge in [-0.3, -0.25) is 0 Å². The van der Waals surface area contributed by atoms with Gasteiger partial charge in [0, 0.05) is 4.83 Å². The second-order valence-corrected chi connectivity index (χ2v) is 5.62. The second kappa shape index (κ2) is 6.00. The van der Waals surface area contributed by atoms with Crippen molar-refractivity contribution in [1.82, 2.24) is 0 Å².